The highest BCUT2D eigenvalue weighted by Crippen LogP contribution is 2.53. The number of allylic oxidation sites excluding steroid dienone is 5. The second-order valence-corrected chi connectivity index (χ2v) is 10.4. The van der Waals surface area contributed by atoms with Gasteiger partial charge in [0.15, 0.2) is 16.9 Å². The largest absolute Gasteiger partial charge is 0.507 e. The molecule has 0 amide bonds. The van der Waals surface area contributed by atoms with E-state index in [1.807, 2.05) is 39.8 Å². The maximum absolute atomic E-state index is 14.1. The Morgan fingerprint density at radius 3 is 2.16 bits per heavy atom. The normalized spacial score (nSPS) is 14.0. The number of phenols is 4. The van der Waals surface area contributed by atoms with Gasteiger partial charge in [0.2, 0.25) is 0 Å². The van der Waals surface area contributed by atoms with Crippen LogP contribution in [-0.4, -0.2) is 27.5 Å². The van der Waals surface area contributed by atoms with Crippen molar-refractivity contribution in [3.63, 3.8) is 0 Å². The van der Waals surface area contributed by atoms with Crippen molar-refractivity contribution in [3.05, 3.63) is 74.0 Å². The first-order valence-electron chi connectivity index (χ1n) is 12.5. The molecule has 0 spiro atoms. The Bertz CT molecular complexity index is 1590. The molecule has 1 aromatic heterocycles. The summed E-state index contributed by atoms with van der Waals surface area (Å²) in [5.41, 5.74) is 4.13. The molecule has 0 fully saturated rings. The van der Waals surface area contributed by atoms with E-state index in [0.717, 1.165) is 17.2 Å². The predicted octanol–water partition coefficient (Wildman–Crippen LogP) is 6.52. The smallest absolute Gasteiger partial charge is 0.200 e. The minimum Gasteiger partial charge on any atom is -0.507 e. The first-order valence-corrected chi connectivity index (χ1v) is 12.5. The van der Waals surface area contributed by atoms with E-state index in [-0.39, 0.29) is 51.3 Å². The van der Waals surface area contributed by atoms with Crippen molar-refractivity contribution in [1.82, 2.24) is 0 Å². The minimum absolute atomic E-state index is 0.0465. The molecule has 0 saturated carbocycles. The summed E-state index contributed by atoms with van der Waals surface area (Å²) in [6.07, 6.45) is 4.78. The molecule has 1 aliphatic carbocycles. The lowest BCUT2D eigenvalue weighted by molar-refractivity contribution is 0.388. The maximum atomic E-state index is 14.1. The summed E-state index contributed by atoms with van der Waals surface area (Å²) in [6.45, 7) is 13.6. The highest BCUT2D eigenvalue weighted by atomic mass is 16.5. The second kappa shape index (κ2) is 9.97. The highest BCUT2D eigenvalue weighted by Gasteiger charge is 2.37. The van der Waals surface area contributed by atoms with Gasteiger partial charge in [0, 0.05) is 34.2 Å². The van der Waals surface area contributed by atoms with Gasteiger partial charge in [-0.3, -0.25) is 4.79 Å². The second-order valence-electron chi connectivity index (χ2n) is 10.4. The minimum atomic E-state index is -0.563. The molecule has 1 aliphatic rings. The molecule has 38 heavy (non-hydrogen) atoms. The fourth-order valence-corrected chi connectivity index (χ4v) is 5.13. The number of phenolic OH excluding ortho intramolecular Hbond substituents is 4. The summed E-state index contributed by atoms with van der Waals surface area (Å²) in [5.74, 6) is -1.49. The fraction of sp³-hybridized carbons (Fsp3) is 0.323. The standard InChI is InChI=1S/C31H34O7/c1-14(2)8-10-17-26(34)25-27(35)20-12-19(16(5)6)23-24(21(32)13-22(33)28(23)36)31(20)38-30(25)18(29(17)37-7)11-9-15(3)4/h8-9,13,19,32-34,36H,5,10-12H2,1-4,6-7H3/t19-/m0/s1. The lowest BCUT2D eigenvalue weighted by Gasteiger charge is -2.29. The Hall–Kier alpha value is -4.13. The molecule has 0 saturated heterocycles. The van der Waals surface area contributed by atoms with Crippen LogP contribution in [0.25, 0.3) is 22.3 Å². The van der Waals surface area contributed by atoms with Crippen molar-refractivity contribution in [1.29, 1.82) is 0 Å². The molecule has 0 radical (unpaired) electrons. The van der Waals surface area contributed by atoms with Crippen LogP contribution in [0.2, 0.25) is 0 Å². The number of aromatic hydroxyl groups is 4. The first kappa shape index (κ1) is 26.9. The van der Waals surface area contributed by atoms with Crippen LogP contribution in [0.1, 0.15) is 62.8 Å². The molecule has 200 valence electrons. The summed E-state index contributed by atoms with van der Waals surface area (Å²) in [4.78, 5) is 14.1. The van der Waals surface area contributed by atoms with E-state index in [4.69, 9.17) is 9.15 Å². The average Bonchev–Trinajstić information content (AvgIpc) is 2.84. The number of fused-ring (bicyclic) bond motifs is 4. The Morgan fingerprint density at radius 2 is 1.61 bits per heavy atom. The molecule has 4 N–H and O–H groups in total. The van der Waals surface area contributed by atoms with Crippen LogP contribution in [-0.2, 0) is 19.3 Å². The molecule has 1 heterocycles. The van der Waals surface area contributed by atoms with Gasteiger partial charge in [0.1, 0.15) is 34.0 Å². The zero-order valence-corrected chi connectivity index (χ0v) is 22.7. The van der Waals surface area contributed by atoms with E-state index in [1.165, 1.54) is 7.11 Å². The Morgan fingerprint density at radius 1 is 1.00 bits per heavy atom. The van der Waals surface area contributed by atoms with E-state index >= 15 is 0 Å². The average molecular weight is 519 g/mol. The van der Waals surface area contributed by atoms with Gasteiger partial charge in [-0.1, -0.05) is 35.5 Å². The van der Waals surface area contributed by atoms with Gasteiger partial charge in [-0.05, 0) is 53.9 Å². The van der Waals surface area contributed by atoms with E-state index in [2.05, 4.69) is 6.58 Å². The van der Waals surface area contributed by atoms with Crippen LogP contribution in [0, 0.1) is 0 Å². The third-order valence-electron chi connectivity index (χ3n) is 7.06. The van der Waals surface area contributed by atoms with Gasteiger partial charge in [-0.15, -0.1) is 0 Å². The summed E-state index contributed by atoms with van der Waals surface area (Å²) in [6, 6.07) is 1.02. The molecule has 0 unspecified atom stereocenters. The van der Waals surface area contributed by atoms with Crippen LogP contribution in [0.5, 0.6) is 28.7 Å². The van der Waals surface area contributed by atoms with Gasteiger partial charge >= 0.3 is 0 Å². The van der Waals surface area contributed by atoms with E-state index < -0.39 is 22.8 Å². The number of ether oxygens (including phenoxy) is 1. The fourth-order valence-electron chi connectivity index (χ4n) is 5.13. The van der Waals surface area contributed by atoms with Crippen molar-refractivity contribution in [2.75, 3.05) is 7.11 Å². The molecular formula is C31H34O7. The Kier molecular flexibility index (Phi) is 7.06. The van der Waals surface area contributed by atoms with Gasteiger partial charge in [0.25, 0.3) is 0 Å². The number of hydrogen-bond acceptors (Lipinski definition) is 7. The summed E-state index contributed by atoms with van der Waals surface area (Å²) < 4.78 is 12.2. The summed E-state index contributed by atoms with van der Waals surface area (Å²) >= 11 is 0. The SMILES string of the molecule is C=C(C)[C@@H]1Cc2c(oc3c(CC=C(C)C)c(OC)c(CC=C(C)C)c(O)c3c2=O)-c2c(O)cc(O)c(O)c21. The van der Waals surface area contributed by atoms with E-state index in [9.17, 15) is 25.2 Å². The van der Waals surface area contributed by atoms with Crippen molar-refractivity contribution in [3.8, 4) is 40.1 Å². The van der Waals surface area contributed by atoms with Gasteiger partial charge in [-0.2, -0.15) is 0 Å². The molecule has 7 nitrogen and oxygen atoms in total. The molecule has 3 aromatic rings. The monoisotopic (exact) mass is 518 g/mol. The Labute approximate surface area is 221 Å². The molecule has 2 aromatic carbocycles. The van der Waals surface area contributed by atoms with Crippen LogP contribution >= 0.6 is 0 Å². The number of rotatable bonds is 6. The topological polar surface area (TPSA) is 120 Å². The molecule has 7 heteroatoms. The maximum Gasteiger partial charge on any atom is 0.200 e. The molecular weight excluding hydrogens is 484 g/mol. The van der Waals surface area contributed by atoms with Gasteiger partial charge < -0.3 is 29.6 Å². The van der Waals surface area contributed by atoms with Gasteiger partial charge in [0.05, 0.1) is 12.7 Å². The third-order valence-corrected chi connectivity index (χ3v) is 7.06. The highest BCUT2D eigenvalue weighted by molar-refractivity contribution is 5.94. The number of methoxy groups -OCH3 is 1. The number of benzene rings is 2. The summed E-state index contributed by atoms with van der Waals surface area (Å²) in [5, 5.41) is 43.4. The van der Waals surface area contributed by atoms with Crippen molar-refractivity contribution < 1.29 is 29.6 Å². The summed E-state index contributed by atoms with van der Waals surface area (Å²) in [7, 11) is 1.51. The van der Waals surface area contributed by atoms with Crippen LogP contribution in [0.3, 0.4) is 0 Å². The first-order chi connectivity index (χ1) is 17.9. The van der Waals surface area contributed by atoms with Crippen LogP contribution in [0.4, 0.5) is 0 Å². The Balaban J connectivity index is 2.21. The zero-order valence-electron chi connectivity index (χ0n) is 22.7. The predicted molar refractivity (Wildman–Crippen MR) is 149 cm³/mol. The molecule has 0 aliphatic heterocycles. The zero-order chi connectivity index (χ0) is 28.0. The lowest BCUT2D eigenvalue weighted by Crippen LogP contribution is -2.21. The van der Waals surface area contributed by atoms with Gasteiger partial charge in [-0.25, -0.2) is 0 Å². The van der Waals surface area contributed by atoms with Crippen molar-refractivity contribution >= 4 is 11.0 Å². The molecule has 0 bridgehead atoms. The van der Waals surface area contributed by atoms with E-state index in [1.54, 1.807) is 6.92 Å². The molecule has 4 rings (SSSR count). The van der Waals surface area contributed by atoms with E-state index in [0.29, 0.717) is 35.3 Å². The third kappa shape index (κ3) is 4.32. The number of hydrogen-bond donors (Lipinski definition) is 4. The molecule has 1 atom stereocenters. The van der Waals surface area contributed by atoms with Crippen LogP contribution in [0.15, 0.2) is 50.7 Å². The van der Waals surface area contributed by atoms with Crippen molar-refractivity contribution in [2.24, 2.45) is 0 Å². The lowest BCUT2D eigenvalue weighted by atomic mass is 9.77. The quantitative estimate of drug-likeness (QED) is 0.166. The van der Waals surface area contributed by atoms with Crippen molar-refractivity contribution in [2.45, 2.75) is 59.8 Å². The van der Waals surface area contributed by atoms with Crippen LogP contribution < -0.4 is 10.2 Å².